The Kier molecular flexibility index (Phi) is 5.18. The molecule has 0 saturated heterocycles. The Balaban J connectivity index is 1.82. The van der Waals surface area contributed by atoms with Crippen LogP contribution in [-0.2, 0) is 11.2 Å². The normalized spacial score (nSPS) is 11.6. The van der Waals surface area contributed by atoms with Crippen molar-refractivity contribution in [3.63, 3.8) is 0 Å². The number of benzene rings is 2. The lowest BCUT2D eigenvalue weighted by Crippen LogP contribution is -2.26. The summed E-state index contributed by atoms with van der Waals surface area (Å²) in [7, 11) is 1.53. The molecule has 0 unspecified atom stereocenters. The van der Waals surface area contributed by atoms with Crippen LogP contribution < -0.4 is 15.6 Å². The van der Waals surface area contributed by atoms with Crippen molar-refractivity contribution in [3.05, 3.63) is 70.3 Å². The Morgan fingerprint density at radius 1 is 1.26 bits per heavy atom. The predicted molar refractivity (Wildman–Crippen MR) is 99.0 cm³/mol. The molecule has 0 bridgehead atoms. The number of methoxy groups -OCH3 is 1. The first-order valence-electron chi connectivity index (χ1n) is 8.16. The molecule has 1 atom stereocenters. The van der Waals surface area contributed by atoms with Crippen molar-refractivity contribution >= 4 is 22.5 Å². The first-order valence-corrected chi connectivity index (χ1v) is 8.16. The molecule has 3 aromatic rings. The molecule has 0 aliphatic heterocycles. The summed E-state index contributed by atoms with van der Waals surface area (Å²) in [5.74, 6) is -1.44. The van der Waals surface area contributed by atoms with Crippen molar-refractivity contribution in [2.75, 3.05) is 12.4 Å². The number of ether oxygens (including phenoxy) is 1. The molecular formula is C20H16FN3O3. The minimum Gasteiger partial charge on any atom is -0.497 e. The molecule has 1 amide bonds. The maximum Gasteiger partial charge on any atom is 0.251 e. The number of nitrogens with zero attached hydrogens (tertiary/aromatic N) is 1. The third kappa shape index (κ3) is 4.12. The van der Waals surface area contributed by atoms with Gasteiger partial charge in [-0.3, -0.25) is 9.59 Å². The third-order valence-corrected chi connectivity index (χ3v) is 4.14. The van der Waals surface area contributed by atoms with Crippen LogP contribution in [0.25, 0.3) is 10.9 Å². The van der Waals surface area contributed by atoms with Crippen molar-refractivity contribution < 1.29 is 13.9 Å². The molecule has 2 N–H and O–H groups in total. The number of rotatable bonds is 5. The fraction of sp³-hybridized carbons (Fsp3) is 0.150. The number of halogens is 1. The number of hydrogen-bond donors (Lipinski definition) is 2. The number of carbonyl (C=O) groups excluding carboxylic acids is 1. The van der Waals surface area contributed by atoms with Crippen LogP contribution in [0.2, 0.25) is 0 Å². The average molecular weight is 365 g/mol. The lowest BCUT2D eigenvalue weighted by Gasteiger charge is -2.11. The topological polar surface area (TPSA) is 95.0 Å². The van der Waals surface area contributed by atoms with Gasteiger partial charge in [0.05, 0.1) is 18.7 Å². The standard InChI is InChI=1S/C20H16FN3O3/c1-27-17-7-2-12-8-13(19(25)24-18(12)10-17)9-14(11-22)20(26)23-16-5-3-15(21)4-6-16/h2-8,10,14H,9H2,1H3,(H,23,26)(H,24,25)/t14-/m1/s1. The second kappa shape index (κ2) is 7.70. The zero-order chi connectivity index (χ0) is 19.4. The van der Waals surface area contributed by atoms with Crippen LogP contribution >= 0.6 is 0 Å². The second-order valence-electron chi connectivity index (χ2n) is 5.96. The first-order chi connectivity index (χ1) is 13.0. The van der Waals surface area contributed by atoms with E-state index in [1.807, 2.05) is 6.07 Å². The lowest BCUT2D eigenvalue weighted by molar-refractivity contribution is -0.118. The zero-order valence-electron chi connectivity index (χ0n) is 14.5. The number of aromatic nitrogens is 1. The second-order valence-corrected chi connectivity index (χ2v) is 5.96. The minimum atomic E-state index is -1.06. The van der Waals surface area contributed by atoms with Gasteiger partial charge in [0.25, 0.3) is 5.56 Å². The van der Waals surface area contributed by atoms with E-state index < -0.39 is 17.6 Å². The molecule has 0 fully saturated rings. The van der Waals surface area contributed by atoms with E-state index >= 15 is 0 Å². The van der Waals surface area contributed by atoms with E-state index in [0.29, 0.717) is 22.5 Å². The van der Waals surface area contributed by atoms with E-state index in [9.17, 15) is 19.2 Å². The SMILES string of the molecule is COc1ccc2cc(C[C@H](C#N)C(=O)Nc3ccc(F)cc3)c(=O)[nH]c2c1. The number of H-pyrrole nitrogens is 1. The van der Waals surface area contributed by atoms with E-state index in [1.54, 1.807) is 24.3 Å². The van der Waals surface area contributed by atoms with E-state index in [4.69, 9.17) is 4.74 Å². The zero-order valence-corrected chi connectivity index (χ0v) is 14.5. The molecule has 3 rings (SSSR count). The summed E-state index contributed by atoms with van der Waals surface area (Å²) in [5, 5.41) is 12.7. The number of nitriles is 1. The Morgan fingerprint density at radius 2 is 2.00 bits per heavy atom. The van der Waals surface area contributed by atoms with E-state index in [-0.39, 0.29) is 12.0 Å². The number of pyridine rings is 1. The minimum absolute atomic E-state index is 0.0408. The Labute approximate surface area is 154 Å². The maximum atomic E-state index is 12.9. The molecular weight excluding hydrogens is 349 g/mol. The summed E-state index contributed by atoms with van der Waals surface area (Å²) in [6.07, 6.45) is -0.0408. The van der Waals surface area contributed by atoms with Gasteiger partial charge in [-0.25, -0.2) is 4.39 Å². The van der Waals surface area contributed by atoms with Gasteiger partial charge in [0.15, 0.2) is 0 Å². The van der Waals surface area contributed by atoms with Crippen molar-refractivity contribution in [1.82, 2.24) is 4.98 Å². The van der Waals surface area contributed by atoms with Crippen molar-refractivity contribution in [3.8, 4) is 11.8 Å². The van der Waals surface area contributed by atoms with Crippen LogP contribution in [0.15, 0.2) is 53.3 Å². The molecule has 1 aromatic heterocycles. The summed E-state index contributed by atoms with van der Waals surface area (Å²) >= 11 is 0. The van der Waals surface area contributed by atoms with E-state index in [0.717, 1.165) is 5.39 Å². The van der Waals surface area contributed by atoms with Gasteiger partial charge in [-0.05, 0) is 47.9 Å². The molecule has 2 aromatic carbocycles. The number of amides is 1. The van der Waals surface area contributed by atoms with Gasteiger partial charge in [-0.1, -0.05) is 0 Å². The molecule has 0 spiro atoms. The molecule has 1 heterocycles. The monoisotopic (exact) mass is 365 g/mol. The molecule has 0 aliphatic rings. The Bertz CT molecular complexity index is 1080. The number of fused-ring (bicyclic) bond motifs is 1. The van der Waals surface area contributed by atoms with Crippen LogP contribution in [-0.4, -0.2) is 18.0 Å². The molecule has 0 saturated carbocycles. The third-order valence-electron chi connectivity index (χ3n) is 4.14. The van der Waals surface area contributed by atoms with Gasteiger partial charge >= 0.3 is 0 Å². The average Bonchev–Trinajstić information content (AvgIpc) is 2.67. The highest BCUT2D eigenvalue weighted by atomic mass is 19.1. The van der Waals surface area contributed by atoms with Gasteiger partial charge in [0.1, 0.15) is 17.5 Å². The van der Waals surface area contributed by atoms with Gasteiger partial charge in [-0.2, -0.15) is 5.26 Å². The quantitative estimate of drug-likeness (QED) is 0.727. The van der Waals surface area contributed by atoms with E-state index in [1.165, 1.54) is 31.4 Å². The highest BCUT2D eigenvalue weighted by molar-refractivity contribution is 5.94. The number of nitrogens with one attached hydrogen (secondary N) is 2. The van der Waals surface area contributed by atoms with Crippen LogP contribution in [0.4, 0.5) is 10.1 Å². The Morgan fingerprint density at radius 3 is 2.67 bits per heavy atom. The van der Waals surface area contributed by atoms with Crippen LogP contribution in [0, 0.1) is 23.1 Å². The fourth-order valence-electron chi connectivity index (χ4n) is 2.68. The summed E-state index contributed by atoms with van der Waals surface area (Å²) in [6.45, 7) is 0. The van der Waals surface area contributed by atoms with Gasteiger partial charge < -0.3 is 15.0 Å². The lowest BCUT2D eigenvalue weighted by atomic mass is 9.99. The Hall–Kier alpha value is -3.66. The summed E-state index contributed by atoms with van der Waals surface area (Å²) in [4.78, 5) is 27.4. The smallest absolute Gasteiger partial charge is 0.251 e. The molecule has 0 aliphatic carbocycles. The number of carbonyl (C=O) groups is 1. The number of aromatic amines is 1. The predicted octanol–water partition coefficient (Wildman–Crippen LogP) is 3.00. The van der Waals surface area contributed by atoms with Gasteiger partial charge in [-0.15, -0.1) is 0 Å². The van der Waals surface area contributed by atoms with Crippen molar-refractivity contribution in [2.24, 2.45) is 5.92 Å². The fourth-order valence-corrected chi connectivity index (χ4v) is 2.68. The van der Waals surface area contributed by atoms with Gasteiger partial charge in [0, 0.05) is 23.7 Å². The number of hydrogen-bond acceptors (Lipinski definition) is 4. The van der Waals surface area contributed by atoms with Gasteiger partial charge in [0.2, 0.25) is 5.91 Å². The number of anilines is 1. The molecule has 136 valence electrons. The van der Waals surface area contributed by atoms with E-state index in [2.05, 4.69) is 10.3 Å². The maximum absolute atomic E-state index is 12.9. The molecule has 7 heteroatoms. The largest absolute Gasteiger partial charge is 0.497 e. The summed E-state index contributed by atoms with van der Waals surface area (Å²) in [6, 6.07) is 14.0. The molecule has 0 radical (unpaired) electrons. The van der Waals surface area contributed by atoms with Crippen LogP contribution in [0.1, 0.15) is 5.56 Å². The summed E-state index contributed by atoms with van der Waals surface area (Å²) < 4.78 is 18.1. The highest BCUT2D eigenvalue weighted by Gasteiger charge is 2.20. The first kappa shape index (κ1) is 18.1. The molecule has 27 heavy (non-hydrogen) atoms. The highest BCUT2D eigenvalue weighted by Crippen LogP contribution is 2.20. The van der Waals surface area contributed by atoms with Crippen molar-refractivity contribution in [2.45, 2.75) is 6.42 Å². The van der Waals surface area contributed by atoms with Crippen LogP contribution in [0.3, 0.4) is 0 Å². The molecule has 6 nitrogen and oxygen atoms in total. The van der Waals surface area contributed by atoms with Crippen molar-refractivity contribution in [1.29, 1.82) is 5.26 Å². The van der Waals surface area contributed by atoms with Crippen LogP contribution in [0.5, 0.6) is 5.75 Å². The summed E-state index contributed by atoms with van der Waals surface area (Å²) in [5.41, 5.74) is 0.938.